The number of carbonyl (C=O) groups is 2. The fourth-order valence-corrected chi connectivity index (χ4v) is 1.72. The monoisotopic (exact) mass is 283 g/mol. The fraction of sp³-hybridized carbons (Fsp3) is 0.692. The molecule has 0 aliphatic carbocycles. The van der Waals surface area contributed by atoms with Crippen LogP contribution >= 0.6 is 0 Å². The minimum Gasteiger partial charge on any atom is -0.480 e. The maximum atomic E-state index is 11.6. The van der Waals surface area contributed by atoms with Crippen LogP contribution in [-0.2, 0) is 22.4 Å². The molecule has 0 radical (unpaired) electrons. The van der Waals surface area contributed by atoms with Crippen molar-refractivity contribution in [3.05, 3.63) is 11.7 Å². The number of hydrogen-bond acceptors (Lipinski definition) is 5. The molecule has 1 aromatic rings. The lowest BCUT2D eigenvalue weighted by Gasteiger charge is -2.11. The number of aromatic nitrogens is 2. The highest BCUT2D eigenvalue weighted by Crippen LogP contribution is 2.05. The van der Waals surface area contributed by atoms with E-state index in [0.29, 0.717) is 31.0 Å². The number of aliphatic carboxylic acids is 1. The Morgan fingerprint density at radius 3 is 2.70 bits per heavy atom. The number of rotatable bonds is 9. The van der Waals surface area contributed by atoms with E-state index in [1.807, 2.05) is 6.92 Å². The molecule has 0 aromatic carbocycles. The van der Waals surface area contributed by atoms with Crippen molar-refractivity contribution < 1.29 is 19.2 Å². The molecule has 1 rings (SSSR count). The topological polar surface area (TPSA) is 105 Å². The maximum Gasteiger partial charge on any atom is 0.326 e. The Labute approximate surface area is 117 Å². The summed E-state index contributed by atoms with van der Waals surface area (Å²) in [7, 11) is 0. The molecule has 0 saturated carbocycles. The molecule has 1 unspecified atom stereocenters. The number of aryl methyl sites for hydroxylation is 2. The molecule has 0 aliphatic heterocycles. The summed E-state index contributed by atoms with van der Waals surface area (Å²) in [5.74, 6) is -0.0788. The van der Waals surface area contributed by atoms with Crippen LogP contribution in [0.1, 0.15) is 51.2 Å². The molecule has 20 heavy (non-hydrogen) atoms. The van der Waals surface area contributed by atoms with Gasteiger partial charge in [-0.3, -0.25) is 4.79 Å². The quantitative estimate of drug-likeness (QED) is 0.708. The number of hydrogen-bond donors (Lipinski definition) is 2. The van der Waals surface area contributed by atoms with E-state index in [4.69, 9.17) is 9.63 Å². The van der Waals surface area contributed by atoms with Gasteiger partial charge in [0.1, 0.15) is 6.04 Å². The van der Waals surface area contributed by atoms with Crippen molar-refractivity contribution in [1.82, 2.24) is 15.5 Å². The molecular weight excluding hydrogens is 262 g/mol. The van der Waals surface area contributed by atoms with Gasteiger partial charge in [-0.15, -0.1) is 0 Å². The summed E-state index contributed by atoms with van der Waals surface area (Å²) in [4.78, 5) is 26.5. The van der Waals surface area contributed by atoms with E-state index in [1.165, 1.54) is 0 Å². The van der Waals surface area contributed by atoms with Gasteiger partial charge in [-0.25, -0.2) is 4.79 Å². The summed E-state index contributed by atoms with van der Waals surface area (Å²) in [6, 6.07) is -0.818. The SMILES string of the molecule is CCCc1noc(CCCC(=O)NC(CC)C(=O)O)n1. The van der Waals surface area contributed by atoms with Gasteiger partial charge in [0.05, 0.1) is 0 Å². The number of carboxylic acid groups (broad SMARTS) is 1. The van der Waals surface area contributed by atoms with E-state index in [1.54, 1.807) is 6.92 Å². The first kappa shape index (κ1) is 16.1. The highest BCUT2D eigenvalue weighted by atomic mass is 16.5. The largest absolute Gasteiger partial charge is 0.480 e. The second kappa shape index (κ2) is 8.29. The molecule has 1 atom stereocenters. The van der Waals surface area contributed by atoms with Gasteiger partial charge >= 0.3 is 5.97 Å². The zero-order valence-electron chi connectivity index (χ0n) is 11.9. The molecule has 1 heterocycles. The molecule has 0 saturated heterocycles. The Balaban J connectivity index is 2.28. The maximum absolute atomic E-state index is 11.6. The van der Waals surface area contributed by atoms with Gasteiger partial charge in [-0.05, 0) is 19.3 Å². The molecule has 1 amide bonds. The summed E-state index contributed by atoms with van der Waals surface area (Å²) in [5, 5.41) is 15.1. The first-order chi connectivity index (χ1) is 9.56. The molecule has 0 spiro atoms. The predicted octanol–water partition coefficient (Wildman–Crippen LogP) is 1.32. The second-order valence-electron chi connectivity index (χ2n) is 4.57. The van der Waals surface area contributed by atoms with Crippen molar-refractivity contribution in [3.8, 4) is 0 Å². The van der Waals surface area contributed by atoms with E-state index < -0.39 is 12.0 Å². The lowest BCUT2D eigenvalue weighted by atomic mass is 10.2. The molecule has 7 nitrogen and oxygen atoms in total. The Bertz CT molecular complexity index is 445. The number of nitrogens with one attached hydrogen (secondary N) is 1. The first-order valence-corrected chi connectivity index (χ1v) is 6.90. The summed E-state index contributed by atoms with van der Waals surface area (Å²) in [6.45, 7) is 3.75. The summed E-state index contributed by atoms with van der Waals surface area (Å²) < 4.78 is 5.05. The molecule has 0 fully saturated rings. The Morgan fingerprint density at radius 2 is 2.10 bits per heavy atom. The Morgan fingerprint density at radius 1 is 1.35 bits per heavy atom. The average Bonchev–Trinajstić information content (AvgIpc) is 2.84. The van der Waals surface area contributed by atoms with Gasteiger partial charge in [0.25, 0.3) is 0 Å². The predicted molar refractivity (Wildman–Crippen MR) is 71.1 cm³/mol. The number of carboxylic acids is 1. The van der Waals surface area contributed by atoms with E-state index in [-0.39, 0.29) is 12.3 Å². The molecule has 7 heteroatoms. The van der Waals surface area contributed by atoms with Crippen LogP contribution in [0, 0.1) is 0 Å². The van der Waals surface area contributed by atoms with E-state index in [0.717, 1.165) is 12.8 Å². The summed E-state index contributed by atoms with van der Waals surface area (Å²) >= 11 is 0. The normalized spacial score (nSPS) is 12.1. The average molecular weight is 283 g/mol. The van der Waals surface area contributed by atoms with Crippen molar-refractivity contribution in [2.24, 2.45) is 0 Å². The molecule has 0 aliphatic rings. The van der Waals surface area contributed by atoms with Crippen LogP contribution < -0.4 is 5.32 Å². The van der Waals surface area contributed by atoms with E-state index >= 15 is 0 Å². The number of amides is 1. The van der Waals surface area contributed by atoms with Crippen LogP contribution in [0.2, 0.25) is 0 Å². The molecule has 0 bridgehead atoms. The lowest BCUT2D eigenvalue weighted by molar-refractivity contribution is -0.141. The van der Waals surface area contributed by atoms with Gasteiger partial charge in [-0.1, -0.05) is 19.0 Å². The zero-order valence-corrected chi connectivity index (χ0v) is 11.9. The third kappa shape index (κ3) is 5.38. The Hall–Kier alpha value is -1.92. The molecular formula is C13H21N3O4. The minimum atomic E-state index is -1.01. The van der Waals surface area contributed by atoms with Crippen molar-refractivity contribution >= 4 is 11.9 Å². The fourth-order valence-electron chi connectivity index (χ4n) is 1.72. The van der Waals surface area contributed by atoms with Crippen LogP contribution in [0.5, 0.6) is 0 Å². The van der Waals surface area contributed by atoms with E-state index in [2.05, 4.69) is 15.5 Å². The van der Waals surface area contributed by atoms with Crippen molar-refractivity contribution in [2.75, 3.05) is 0 Å². The number of nitrogens with zero attached hydrogens (tertiary/aromatic N) is 2. The highest BCUT2D eigenvalue weighted by Gasteiger charge is 2.17. The minimum absolute atomic E-state index is 0.245. The third-order valence-electron chi connectivity index (χ3n) is 2.82. The van der Waals surface area contributed by atoms with Crippen LogP contribution in [0.15, 0.2) is 4.52 Å². The first-order valence-electron chi connectivity index (χ1n) is 6.90. The van der Waals surface area contributed by atoms with Crippen LogP contribution in [0.4, 0.5) is 0 Å². The van der Waals surface area contributed by atoms with Crippen molar-refractivity contribution in [1.29, 1.82) is 0 Å². The summed E-state index contributed by atoms with van der Waals surface area (Å²) in [6.07, 6.45) is 3.42. The van der Waals surface area contributed by atoms with Crippen molar-refractivity contribution in [3.63, 3.8) is 0 Å². The second-order valence-corrected chi connectivity index (χ2v) is 4.57. The van der Waals surface area contributed by atoms with E-state index in [9.17, 15) is 9.59 Å². The summed E-state index contributed by atoms with van der Waals surface area (Å²) in [5.41, 5.74) is 0. The van der Waals surface area contributed by atoms with Gasteiger partial charge in [0, 0.05) is 19.3 Å². The molecule has 2 N–H and O–H groups in total. The van der Waals surface area contributed by atoms with Crippen LogP contribution in [-0.4, -0.2) is 33.2 Å². The van der Waals surface area contributed by atoms with Crippen LogP contribution in [0.25, 0.3) is 0 Å². The smallest absolute Gasteiger partial charge is 0.326 e. The highest BCUT2D eigenvalue weighted by molar-refractivity contribution is 5.83. The van der Waals surface area contributed by atoms with Gasteiger partial charge in [0.15, 0.2) is 5.82 Å². The van der Waals surface area contributed by atoms with Crippen LogP contribution in [0.3, 0.4) is 0 Å². The van der Waals surface area contributed by atoms with Gasteiger partial charge < -0.3 is 14.9 Å². The van der Waals surface area contributed by atoms with Gasteiger partial charge in [-0.2, -0.15) is 4.98 Å². The third-order valence-corrected chi connectivity index (χ3v) is 2.82. The zero-order chi connectivity index (χ0) is 15.0. The standard InChI is InChI=1S/C13H21N3O4/c1-3-6-10-15-12(20-16-10)8-5-7-11(17)14-9(4-2)13(18)19/h9H,3-8H2,1-2H3,(H,14,17)(H,18,19). The van der Waals surface area contributed by atoms with Gasteiger partial charge in [0.2, 0.25) is 11.8 Å². The van der Waals surface area contributed by atoms with Crippen molar-refractivity contribution in [2.45, 2.75) is 58.4 Å². The Kier molecular flexibility index (Phi) is 6.69. The molecule has 112 valence electrons. The molecule has 1 aromatic heterocycles. The number of carbonyl (C=O) groups excluding carboxylic acids is 1. The lowest BCUT2D eigenvalue weighted by Crippen LogP contribution is -2.40.